The third kappa shape index (κ3) is 9.47. The molecule has 122 valence electrons. The molecule has 1 amide bonds. The van der Waals surface area contributed by atoms with Crippen LogP contribution in [0, 0.1) is 16.0 Å². The summed E-state index contributed by atoms with van der Waals surface area (Å²) in [5, 5.41) is 11.4. The predicted octanol–water partition coefficient (Wildman–Crippen LogP) is 1.29. The summed E-state index contributed by atoms with van der Waals surface area (Å²) in [6.45, 7) is 7.89. The summed E-state index contributed by atoms with van der Waals surface area (Å²) >= 11 is 0. The molecule has 0 rings (SSSR count). The molecule has 1 N–H and O–H groups in total. The van der Waals surface area contributed by atoms with E-state index in [1.54, 1.807) is 34.6 Å². The van der Waals surface area contributed by atoms with Crippen molar-refractivity contribution in [2.45, 2.75) is 46.3 Å². The summed E-state index contributed by atoms with van der Waals surface area (Å²) in [6, 6.07) is -0.907. The number of ether oxygens (including phenoxy) is 2. The topological polar surface area (TPSA) is 117 Å². The fourth-order valence-electron chi connectivity index (χ4n) is 1.28. The number of carbonyl (C=O) groups excluding carboxylic acids is 2. The summed E-state index contributed by atoms with van der Waals surface area (Å²) < 4.78 is 9.86. The van der Waals surface area contributed by atoms with Gasteiger partial charge in [0, 0.05) is 0 Å². The zero-order valence-electron chi connectivity index (χ0n) is 12.9. The lowest BCUT2D eigenvalue weighted by Crippen LogP contribution is -2.47. The highest BCUT2D eigenvalue weighted by atomic mass is 17.0. The second-order valence-electron chi connectivity index (χ2n) is 5.59. The van der Waals surface area contributed by atoms with Crippen molar-refractivity contribution in [3.05, 3.63) is 10.1 Å². The van der Waals surface area contributed by atoms with E-state index in [4.69, 9.17) is 9.47 Å². The lowest BCUT2D eigenvalue weighted by atomic mass is 10.1. The van der Waals surface area contributed by atoms with Gasteiger partial charge >= 0.3 is 12.1 Å². The number of nitrogens with zero attached hydrogens (tertiary/aromatic N) is 1. The van der Waals surface area contributed by atoms with E-state index in [9.17, 15) is 19.7 Å². The Morgan fingerprint density at radius 3 is 2.24 bits per heavy atom. The van der Waals surface area contributed by atoms with Crippen LogP contribution in [0.2, 0.25) is 0 Å². The van der Waals surface area contributed by atoms with Gasteiger partial charge in [0.05, 0.1) is 0 Å². The molecule has 0 fully saturated rings. The Kier molecular flexibility index (Phi) is 7.46. The highest BCUT2D eigenvalue weighted by Crippen LogP contribution is 2.09. The number of hydrogen-bond donors (Lipinski definition) is 1. The van der Waals surface area contributed by atoms with E-state index in [2.05, 4.69) is 10.2 Å². The number of alkyl carbamates (subject to hydrolysis) is 1. The predicted molar refractivity (Wildman–Crippen MR) is 71.9 cm³/mol. The molecule has 9 nitrogen and oxygen atoms in total. The van der Waals surface area contributed by atoms with Crippen LogP contribution in [0.4, 0.5) is 4.79 Å². The van der Waals surface area contributed by atoms with Gasteiger partial charge in [0.2, 0.25) is 0 Å². The molecule has 0 aliphatic heterocycles. The highest BCUT2D eigenvalue weighted by Gasteiger charge is 2.28. The molecular formula is C12H22N2O7. The van der Waals surface area contributed by atoms with Crippen LogP contribution in [0.1, 0.15) is 34.6 Å². The quantitative estimate of drug-likeness (QED) is 0.326. The Morgan fingerprint density at radius 1 is 1.24 bits per heavy atom. The van der Waals surface area contributed by atoms with Gasteiger partial charge in [-0.15, -0.1) is 10.1 Å². The molecular weight excluding hydrogens is 284 g/mol. The van der Waals surface area contributed by atoms with Gasteiger partial charge in [-0.2, -0.15) is 0 Å². The first-order valence-electron chi connectivity index (χ1n) is 6.46. The van der Waals surface area contributed by atoms with Gasteiger partial charge in [0.15, 0.2) is 0 Å². The first-order valence-corrected chi connectivity index (χ1v) is 6.46. The van der Waals surface area contributed by atoms with E-state index in [1.807, 2.05) is 0 Å². The molecule has 0 saturated heterocycles. The molecule has 0 radical (unpaired) electrons. The molecule has 0 spiro atoms. The Labute approximate surface area is 123 Å². The summed E-state index contributed by atoms with van der Waals surface area (Å²) in [4.78, 5) is 37.4. The van der Waals surface area contributed by atoms with Gasteiger partial charge in [-0.25, -0.2) is 9.59 Å². The molecule has 1 atom stereocenters. The van der Waals surface area contributed by atoms with Crippen molar-refractivity contribution < 1.29 is 29.0 Å². The number of nitrogens with one attached hydrogen (secondary N) is 1. The van der Waals surface area contributed by atoms with Crippen molar-refractivity contribution in [1.82, 2.24) is 5.32 Å². The lowest BCUT2D eigenvalue weighted by molar-refractivity contribution is -0.757. The Balaban J connectivity index is 4.37. The average molecular weight is 306 g/mol. The van der Waals surface area contributed by atoms with Crippen LogP contribution in [0.25, 0.3) is 0 Å². The third-order valence-corrected chi connectivity index (χ3v) is 2.12. The summed E-state index contributed by atoms with van der Waals surface area (Å²) in [5.74, 6) is -0.941. The molecule has 0 aromatic carbocycles. The van der Waals surface area contributed by atoms with E-state index in [0.717, 1.165) is 0 Å². The number of hydrogen-bond acceptors (Lipinski definition) is 7. The summed E-state index contributed by atoms with van der Waals surface area (Å²) in [6.07, 6.45) is -0.736. The van der Waals surface area contributed by atoms with E-state index in [-0.39, 0.29) is 19.1 Å². The maximum absolute atomic E-state index is 11.8. The number of esters is 1. The van der Waals surface area contributed by atoms with Crippen LogP contribution in [0.3, 0.4) is 0 Å². The van der Waals surface area contributed by atoms with Crippen LogP contribution in [-0.4, -0.2) is 42.0 Å². The standard InChI is InChI=1S/C12H22N2O7/c1-8(2)9(13-11(16)21-12(3,4)5)10(15)19-6-7-20-14(17)18/h8-9H,6-7H2,1-5H3,(H,13,16)/t9-/m0/s1. The zero-order valence-corrected chi connectivity index (χ0v) is 12.9. The van der Waals surface area contributed by atoms with E-state index in [1.165, 1.54) is 0 Å². The maximum Gasteiger partial charge on any atom is 0.408 e. The summed E-state index contributed by atoms with van der Waals surface area (Å²) in [5.41, 5.74) is -0.685. The van der Waals surface area contributed by atoms with Crippen LogP contribution in [0.15, 0.2) is 0 Å². The first-order chi connectivity index (χ1) is 9.53. The smallest absolute Gasteiger partial charge is 0.408 e. The van der Waals surface area contributed by atoms with E-state index in [0.29, 0.717) is 0 Å². The second kappa shape index (κ2) is 8.28. The third-order valence-electron chi connectivity index (χ3n) is 2.12. The van der Waals surface area contributed by atoms with Crippen LogP contribution < -0.4 is 5.32 Å². The van der Waals surface area contributed by atoms with E-state index < -0.39 is 28.8 Å². The normalized spacial score (nSPS) is 12.5. The highest BCUT2D eigenvalue weighted by molar-refractivity contribution is 5.81. The minimum Gasteiger partial charge on any atom is -0.462 e. The molecule has 0 bridgehead atoms. The van der Waals surface area contributed by atoms with Crippen molar-refractivity contribution in [1.29, 1.82) is 0 Å². The van der Waals surface area contributed by atoms with Crippen LogP contribution in [0.5, 0.6) is 0 Å². The second-order valence-corrected chi connectivity index (χ2v) is 5.59. The molecule has 0 aromatic rings. The number of rotatable bonds is 7. The van der Waals surface area contributed by atoms with Crippen molar-refractivity contribution >= 4 is 12.1 Å². The average Bonchev–Trinajstić information content (AvgIpc) is 2.28. The fourth-order valence-corrected chi connectivity index (χ4v) is 1.28. The van der Waals surface area contributed by atoms with Crippen LogP contribution >= 0.6 is 0 Å². The minimum atomic E-state index is -0.979. The maximum atomic E-state index is 11.8. The molecule has 0 aliphatic rings. The van der Waals surface area contributed by atoms with Gasteiger partial charge in [-0.3, -0.25) is 0 Å². The fraction of sp³-hybridized carbons (Fsp3) is 0.833. The van der Waals surface area contributed by atoms with Crippen molar-refractivity contribution in [2.75, 3.05) is 13.2 Å². The Bertz CT molecular complexity index is 376. The monoisotopic (exact) mass is 306 g/mol. The number of carbonyl (C=O) groups is 2. The van der Waals surface area contributed by atoms with Gasteiger partial charge in [0.1, 0.15) is 24.9 Å². The molecule has 21 heavy (non-hydrogen) atoms. The summed E-state index contributed by atoms with van der Waals surface area (Å²) in [7, 11) is 0. The number of amides is 1. The van der Waals surface area contributed by atoms with Crippen molar-refractivity contribution in [3.8, 4) is 0 Å². The van der Waals surface area contributed by atoms with Gasteiger partial charge in [-0.1, -0.05) is 13.8 Å². The lowest BCUT2D eigenvalue weighted by Gasteiger charge is -2.24. The molecule has 0 saturated carbocycles. The SMILES string of the molecule is CC(C)[C@H](NC(=O)OC(C)(C)C)C(=O)OCCO[N+](=O)[O-]. The molecule has 9 heteroatoms. The van der Waals surface area contributed by atoms with Crippen molar-refractivity contribution in [3.63, 3.8) is 0 Å². The zero-order chi connectivity index (χ0) is 16.6. The van der Waals surface area contributed by atoms with Crippen LogP contribution in [-0.2, 0) is 19.1 Å². The van der Waals surface area contributed by atoms with Gasteiger partial charge in [0.25, 0.3) is 5.09 Å². The van der Waals surface area contributed by atoms with Gasteiger partial charge in [-0.05, 0) is 26.7 Å². The molecule has 0 aliphatic carbocycles. The molecule has 0 heterocycles. The first kappa shape index (κ1) is 18.9. The largest absolute Gasteiger partial charge is 0.462 e. The minimum absolute atomic E-state index is 0.235. The van der Waals surface area contributed by atoms with Gasteiger partial charge < -0.3 is 19.6 Å². The molecule has 0 unspecified atom stereocenters. The Hall–Kier alpha value is -2.06. The molecule has 0 aromatic heterocycles. The van der Waals surface area contributed by atoms with E-state index >= 15 is 0 Å². The Morgan fingerprint density at radius 2 is 1.81 bits per heavy atom. The van der Waals surface area contributed by atoms with Crippen molar-refractivity contribution in [2.24, 2.45) is 5.92 Å².